The molecule has 3 atom stereocenters. The minimum absolute atomic E-state index is 0.0689. The first kappa shape index (κ1) is 15.2. The van der Waals surface area contributed by atoms with Gasteiger partial charge in [0.2, 0.25) is 0 Å². The number of carbonyl (C=O) groups is 1. The van der Waals surface area contributed by atoms with Crippen molar-refractivity contribution in [3.63, 3.8) is 0 Å². The van der Waals surface area contributed by atoms with Crippen molar-refractivity contribution >= 4 is 5.91 Å². The number of carbonyl (C=O) groups excluding carboxylic acids is 1. The molecule has 2 aliphatic rings. The van der Waals surface area contributed by atoms with Gasteiger partial charge in [-0.25, -0.2) is 5.43 Å². The zero-order valence-electron chi connectivity index (χ0n) is 13.6. The number of hydrogen-bond donors (Lipinski definition) is 1. The second kappa shape index (κ2) is 6.62. The van der Waals surface area contributed by atoms with Gasteiger partial charge in [0.1, 0.15) is 0 Å². The highest BCUT2D eigenvalue weighted by atomic mass is 16.2. The van der Waals surface area contributed by atoms with Crippen molar-refractivity contribution in [1.29, 1.82) is 0 Å². The summed E-state index contributed by atoms with van der Waals surface area (Å²) >= 11 is 0. The Labute approximate surface area is 143 Å². The lowest BCUT2D eigenvalue weighted by Crippen LogP contribution is -2.43. The molecule has 0 unspecified atom stereocenters. The summed E-state index contributed by atoms with van der Waals surface area (Å²) in [4.78, 5) is 12.8. The van der Waals surface area contributed by atoms with E-state index in [1.165, 1.54) is 5.56 Å². The highest BCUT2D eigenvalue weighted by molar-refractivity contribution is 5.94. The predicted octanol–water partition coefficient (Wildman–Crippen LogP) is 3.59. The lowest BCUT2D eigenvalue weighted by Gasteiger charge is -2.22. The highest BCUT2D eigenvalue weighted by Gasteiger charge is 2.43. The molecule has 0 radical (unpaired) electrons. The van der Waals surface area contributed by atoms with Gasteiger partial charge in [-0.1, -0.05) is 60.7 Å². The van der Waals surface area contributed by atoms with Crippen LogP contribution in [0.5, 0.6) is 0 Å². The monoisotopic (exact) mass is 318 g/mol. The molecule has 3 heteroatoms. The number of hydrazine groups is 1. The Bertz CT molecular complexity index is 726. The molecule has 1 N–H and O–H groups in total. The molecule has 1 aliphatic carbocycles. The van der Waals surface area contributed by atoms with Gasteiger partial charge < -0.3 is 0 Å². The summed E-state index contributed by atoms with van der Waals surface area (Å²) in [6, 6.07) is 20.6. The minimum Gasteiger partial charge on any atom is -0.268 e. The fourth-order valence-electron chi connectivity index (χ4n) is 3.86. The summed E-state index contributed by atoms with van der Waals surface area (Å²) in [5.74, 6) is 0.556. The Kier molecular flexibility index (Phi) is 4.18. The van der Waals surface area contributed by atoms with Crippen LogP contribution in [0.1, 0.15) is 28.8 Å². The Hall–Kier alpha value is -2.39. The van der Waals surface area contributed by atoms with E-state index in [9.17, 15) is 4.79 Å². The maximum Gasteiger partial charge on any atom is 0.268 e. The van der Waals surface area contributed by atoms with Crippen LogP contribution in [0.4, 0.5) is 0 Å². The third-order valence-corrected chi connectivity index (χ3v) is 5.13. The van der Waals surface area contributed by atoms with Crippen LogP contribution in [0.25, 0.3) is 0 Å². The van der Waals surface area contributed by atoms with E-state index in [2.05, 4.69) is 47.9 Å². The number of benzene rings is 2. The van der Waals surface area contributed by atoms with Crippen molar-refractivity contribution in [3.8, 4) is 0 Å². The summed E-state index contributed by atoms with van der Waals surface area (Å²) in [6.45, 7) is 0. The van der Waals surface area contributed by atoms with Crippen LogP contribution in [0.2, 0.25) is 0 Å². The number of hydrogen-bond acceptors (Lipinski definition) is 2. The number of aryl methyl sites for hydroxylation is 1. The molecule has 3 nitrogen and oxygen atoms in total. The first-order valence-corrected chi connectivity index (χ1v) is 8.68. The molecule has 1 heterocycles. The van der Waals surface area contributed by atoms with Crippen LogP contribution < -0.4 is 5.43 Å². The normalized spacial score (nSPS) is 25.0. The molecule has 4 rings (SSSR count). The van der Waals surface area contributed by atoms with Crippen molar-refractivity contribution in [1.82, 2.24) is 10.4 Å². The Morgan fingerprint density at radius 2 is 1.75 bits per heavy atom. The van der Waals surface area contributed by atoms with Gasteiger partial charge in [-0.15, -0.1) is 0 Å². The second-order valence-corrected chi connectivity index (χ2v) is 6.62. The quantitative estimate of drug-likeness (QED) is 0.874. The van der Waals surface area contributed by atoms with E-state index in [0.717, 1.165) is 24.8 Å². The first-order valence-electron chi connectivity index (χ1n) is 8.68. The van der Waals surface area contributed by atoms with Crippen LogP contribution in [0.3, 0.4) is 0 Å². The number of rotatable bonds is 4. The van der Waals surface area contributed by atoms with Gasteiger partial charge in [-0.05, 0) is 37.0 Å². The summed E-state index contributed by atoms with van der Waals surface area (Å²) < 4.78 is 0. The first-order chi connectivity index (χ1) is 11.8. The standard InChI is InChI=1S/C21H22N2O/c24-21(17-10-5-2-6-11-17)23-20-13-7-12-18(20)19(22-23)15-14-16-8-3-1-4-9-16/h1-11,13,18-20,22H,12,14-15H2/t18-,19+,20-/m0/s1. The molecule has 0 saturated carbocycles. The Morgan fingerprint density at radius 1 is 1.04 bits per heavy atom. The molecular formula is C21H22N2O. The molecule has 0 spiro atoms. The molecule has 0 bridgehead atoms. The van der Waals surface area contributed by atoms with E-state index in [-0.39, 0.29) is 11.9 Å². The van der Waals surface area contributed by atoms with E-state index in [1.54, 1.807) is 0 Å². The van der Waals surface area contributed by atoms with Gasteiger partial charge in [-0.2, -0.15) is 0 Å². The van der Waals surface area contributed by atoms with Crippen molar-refractivity contribution in [2.75, 3.05) is 0 Å². The summed E-state index contributed by atoms with van der Waals surface area (Å²) in [5, 5.41) is 1.85. The van der Waals surface area contributed by atoms with Crippen molar-refractivity contribution < 1.29 is 4.79 Å². The molecule has 1 aliphatic heterocycles. The molecule has 2 aromatic rings. The third kappa shape index (κ3) is 2.87. The summed E-state index contributed by atoms with van der Waals surface area (Å²) in [5.41, 5.74) is 5.59. The third-order valence-electron chi connectivity index (χ3n) is 5.13. The van der Waals surface area contributed by atoms with Gasteiger partial charge >= 0.3 is 0 Å². The van der Waals surface area contributed by atoms with E-state index in [0.29, 0.717) is 12.0 Å². The fourth-order valence-corrected chi connectivity index (χ4v) is 3.86. The molecule has 122 valence electrons. The largest absolute Gasteiger partial charge is 0.268 e. The molecule has 1 saturated heterocycles. The molecular weight excluding hydrogens is 296 g/mol. The molecule has 1 amide bonds. The van der Waals surface area contributed by atoms with Crippen molar-refractivity contribution in [2.24, 2.45) is 5.92 Å². The highest BCUT2D eigenvalue weighted by Crippen LogP contribution is 2.34. The van der Waals surface area contributed by atoms with Crippen LogP contribution >= 0.6 is 0 Å². The summed E-state index contributed by atoms with van der Waals surface area (Å²) in [7, 11) is 0. The molecule has 2 aromatic carbocycles. The lowest BCUT2D eigenvalue weighted by atomic mass is 9.91. The van der Waals surface area contributed by atoms with Gasteiger partial charge in [0, 0.05) is 17.5 Å². The van der Waals surface area contributed by atoms with E-state index in [4.69, 9.17) is 0 Å². The zero-order valence-corrected chi connectivity index (χ0v) is 13.6. The van der Waals surface area contributed by atoms with Crippen molar-refractivity contribution in [3.05, 3.63) is 83.9 Å². The number of amides is 1. The SMILES string of the molecule is O=C(c1ccccc1)N1N[C@H](CCc2ccccc2)[C@@H]2CC=C[C@@H]21. The zero-order chi connectivity index (χ0) is 16.4. The number of allylic oxidation sites excluding steroid dienone is 1. The Morgan fingerprint density at radius 3 is 2.50 bits per heavy atom. The van der Waals surface area contributed by atoms with Gasteiger partial charge in [0.25, 0.3) is 5.91 Å². The summed E-state index contributed by atoms with van der Waals surface area (Å²) in [6.07, 6.45) is 7.54. The number of nitrogens with zero attached hydrogens (tertiary/aromatic N) is 1. The van der Waals surface area contributed by atoms with Crippen LogP contribution in [-0.4, -0.2) is 23.0 Å². The minimum atomic E-state index is 0.0689. The van der Waals surface area contributed by atoms with Crippen LogP contribution in [0, 0.1) is 5.92 Å². The lowest BCUT2D eigenvalue weighted by molar-refractivity contribution is 0.0667. The number of fused-ring (bicyclic) bond motifs is 1. The Balaban J connectivity index is 1.47. The van der Waals surface area contributed by atoms with Gasteiger partial charge in [0.05, 0.1) is 6.04 Å². The molecule has 24 heavy (non-hydrogen) atoms. The fraction of sp³-hybridized carbons (Fsp3) is 0.286. The van der Waals surface area contributed by atoms with Crippen LogP contribution in [0.15, 0.2) is 72.8 Å². The average Bonchev–Trinajstić information content (AvgIpc) is 3.24. The number of nitrogens with one attached hydrogen (secondary N) is 1. The van der Waals surface area contributed by atoms with Gasteiger partial charge in [-0.3, -0.25) is 9.80 Å². The molecule has 1 fully saturated rings. The van der Waals surface area contributed by atoms with E-state index >= 15 is 0 Å². The van der Waals surface area contributed by atoms with Gasteiger partial charge in [0.15, 0.2) is 0 Å². The maximum absolute atomic E-state index is 12.8. The van der Waals surface area contributed by atoms with E-state index < -0.39 is 0 Å². The van der Waals surface area contributed by atoms with E-state index in [1.807, 2.05) is 35.3 Å². The smallest absolute Gasteiger partial charge is 0.268 e. The maximum atomic E-state index is 12.8. The topological polar surface area (TPSA) is 32.3 Å². The van der Waals surface area contributed by atoms with Crippen LogP contribution in [-0.2, 0) is 6.42 Å². The van der Waals surface area contributed by atoms with Crippen molar-refractivity contribution in [2.45, 2.75) is 31.3 Å². The average molecular weight is 318 g/mol. The predicted molar refractivity (Wildman–Crippen MR) is 95.3 cm³/mol. The molecule has 0 aromatic heterocycles. The second-order valence-electron chi connectivity index (χ2n) is 6.62.